The molecule has 0 saturated carbocycles. The smallest absolute Gasteiger partial charge is 0.234 e. The zero-order chi connectivity index (χ0) is 15.1. The maximum Gasteiger partial charge on any atom is 0.234 e. The van der Waals surface area contributed by atoms with Gasteiger partial charge in [0.2, 0.25) is 5.91 Å². The standard InChI is InChI=1S/C17H19FN2O/c1-13(15-5-3-2-4-6-15)19-12-17(21)20-11-14-7-9-16(18)10-8-14/h2-10,13,19H,11-12H2,1H3,(H,20,21)/t13-/m0/s1. The van der Waals surface area contributed by atoms with E-state index in [1.807, 2.05) is 37.3 Å². The van der Waals surface area contributed by atoms with E-state index in [4.69, 9.17) is 0 Å². The fraction of sp³-hybridized carbons (Fsp3) is 0.235. The second-order valence-electron chi connectivity index (χ2n) is 4.92. The summed E-state index contributed by atoms with van der Waals surface area (Å²) in [6, 6.07) is 16.2. The van der Waals surface area contributed by atoms with Gasteiger partial charge < -0.3 is 10.6 Å². The Balaban J connectivity index is 1.73. The quantitative estimate of drug-likeness (QED) is 0.857. The number of carbonyl (C=O) groups is 1. The Morgan fingerprint density at radius 2 is 1.76 bits per heavy atom. The van der Waals surface area contributed by atoms with Crippen molar-refractivity contribution in [3.8, 4) is 0 Å². The van der Waals surface area contributed by atoms with Crippen LogP contribution in [0, 0.1) is 5.82 Å². The van der Waals surface area contributed by atoms with Crippen LogP contribution >= 0.6 is 0 Å². The average molecular weight is 286 g/mol. The van der Waals surface area contributed by atoms with E-state index in [1.165, 1.54) is 12.1 Å². The summed E-state index contributed by atoms with van der Waals surface area (Å²) in [4.78, 5) is 11.8. The summed E-state index contributed by atoms with van der Waals surface area (Å²) >= 11 is 0. The molecular weight excluding hydrogens is 267 g/mol. The molecule has 0 aliphatic heterocycles. The van der Waals surface area contributed by atoms with Crippen LogP contribution in [-0.4, -0.2) is 12.5 Å². The lowest BCUT2D eigenvalue weighted by atomic mass is 10.1. The predicted molar refractivity (Wildman–Crippen MR) is 81.1 cm³/mol. The predicted octanol–water partition coefficient (Wildman–Crippen LogP) is 2.79. The van der Waals surface area contributed by atoms with Crippen molar-refractivity contribution >= 4 is 5.91 Å². The van der Waals surface area contributed by atoms with Gasteiger partial charge in [0.15, 0.2) is 0 Å². The molecule has 4 heteroatoms. The van der Waals surface area contributed by atoms with Crippen LogP contribution in [0.2, 0.25) is 0 Å². The molecule has 0 aliphatic carbocycles. The lowest BCUT2D eigenvalue weighted by Gasteiger charge is -2.14. The van der Waals surface area contributed by atoms with Gasteiger partial charge >= 0.3 is 0 Å². The topological polar surface area (TPSA) is 41.1 Å². The van der Waals surface area contributed by atoms with Gasteiger partial charge in [0.25, 0.3) is 0 Å². The van der Waals surface area contributed by atoms with Gasteiger partial charge in [0.1, 0.15) is 5.82 Å². The summed E-state index contributed by atoms with van der Waals surface area (Å²) in [6.07, 6.45) is 0. The number of benzene rings is 2. The van der Waals surface area contributed by atoms with Crippen LogP contribution in [0.3, 0.4) is 0 Å². The SMILES string of the molecule is C[C@H](NCC(=O)NCc1ccc(F)cc1)c1ccccc1. The van der Waals surface area contributed by atoms with E-state index in [2.05, 4.69) is 10.6 Å². The number of nitrogens with one attached hydrogen (secondary N) is 2. The maximum absolute atomic E-state index is 12.8. The Kier molecular flexibility index (Phi) is 5.46. The van der Waals surface area contributed by atoms with Crippen LogP contribution in [0.15, 0.2) is 54.6 Å². The number of halogens is 1. The highest BCUT2D eigenvalue weighted by atomic mass is 19.1. The third-order valence-corrected chi connectivity index (χ3v) is 3.27. The van der Waals surface area contributed by atoms with Crippen LogP contribution in [-0.2, 0) is 11.3 Å². The third-order valence-electron chi connectivity index (χ3n) is 3.27. The Morgan fingerprint density at radius 3 is 2.43 bits per heavy atom. The van der Waals surface area contributed by atoms with E-state index in [0.29, 0.717) is 6.54 Å². The van der Waals surface area contributed by atoms with E-state index < -0.39 is 0 Å². The first kappa shape index (κ1) is 15.2. The Bertz CT molecular complexity index is 569. The van der Waals surface area contributed by atoms with Crippen molar-refractivity contribution in [2.45, 2.75) is 19.5 Å². The van der Waals surface area contributed by atoms with E-state index >= 15 is 0 Å². The molecule has 2 rings (SSSR count). The Morgan fingerprint density at radius 1 is 1.10 bits per heavy atom. The molecule has 0 unspecified atom stereocenters. The fourth-order valence-electron chi connectivity index (χ4n) is 1.97. The number of hydrogen-bond acceptors (Lipinski definition) is 2. The average Bonchev–Trinajstić information content (AvgIpc) is 2.53. The summed E-state index contributed by atoms with van der Waals surface area (Å²) in [7, 11) is 0. The molecule has 0 heterocycles. The van der Waals surface area contributed by atoms with E-state index in [9.17, 15) is 9.18 Å². The van der Waals surface area contributed by atoms with Crippen molar-refractivity contribution in [1.29, 1.82) is 0 Å². The van der Waals surface area contributed by atoms with Crippen LogP contribution in [0.4, 0.5) is 4.39 Å². The van der Waals surface area contributed by atoms with Gasteiger partial charge in [-0.15, -0.1) is 0 Å². The minimum absolute atomic E-state index is 0.0814. The molecule has 2 N–H and O–H groups in total. The molecule has 1 amide bonds. The van der Waals surface area contributed by atoms with Gasteiger partial charge in [0, 0.05) is 12.6 Å². The summed E-state index contributed by atoms with van der Waals surface area (Å²) in [5.74, 6) is -0.356. The molecular formula is C17H19FN2O. The van der Waals surface area contributed by atoms with Crippen molar-refractivity contribution in [2.24, 2.45) is 0 Å². The van der Waals surface area contributed by atoms with Gasteiger partial charge in [-0.1, -0.05) is 42.5 Å². The molecule has 3 nitrogen and oxygen atoms in total. The highest BCUT2D eigenvalue weighted by Gasteiger charge is 2.07. The van der Waals surface area contributed by atoms with Crippen molar-refractivity contribution in [3.63, 3.8) is 0 Å². The normalized spacial score (nSPS) is 11.9. The van der Waals surface area contributed by atoms with Gasteiger partial charge in [-0.2, -0.15) is 0 Å². The molecule has 0 aliphatic rings. The number of hydrogen-bond donors (Lipinski definition) is 2. The van der Waals surface area contributed by atoms with Crippen LogP contribution in [0.25, 0.3) is 0 Å². The van der Waals surface area contributed by atoms with Crippen molar-refractivity contribution in [2.75, 3.05) is 6.54 Å². The third kappa shape index (κ3) is 5.00. The lowest BCUT2D eigenvalue weighted by molar-refractivity contribution is -0.120. The minimum atomic E-state index is -0.275. The van der Waals surface area contributed by atoms with Gasteiger partial charge in [-0.3, -0.25) is 4.79 Å². The first-order chi connectivity index (χ1) is 10.1. The van der Waals surface area contributed by atoms with E-state index in [0.717, 1.165) is 11.1 Å². The monoisotopic (exact) mass is 286 g/mol. The molecule has 0 saturated heterocycles. The molecule has 0 spiro atoms. The highest BCUT2D eigenvalue weighted by Crippen LogP contribution is 2.10. The Labute approximate surface area is 124 Å². The van der Waals surface area contributed by atoms with Gasteiger partial charge in [0.05, 0.1) is 6.54 Å². The largest absolute Gasteiger partial charge is 0.351 e. The second kappa shape index (κ2) is 7.55. The van der Waals surface area contributed by atoms with Crippen molar-refractivity contribution in [3.05, 3.63) is 71.5 Å². The summed E-state index contributed by atoms with van der Waals surface area (Å²) in [5, 5.41) is 5.97. The molecule has 110 valence electrons. The number of carbonyl (C=O) groups excluding carboxylic acids is 1. The molecule has 0 fully saturated rings. The maximum atomic E-state index is 12.8. The van der Waals surface area contributed by atoms with Gasteiger partial charge in [-0.25, -0.2) is 4.39 Å². The number of rotatable bonds is 6. The molecule has 0 bridgehead atoms. The first-order valence-corrected chi connectivity index (χ1v) is 6.94. The van der Waals surface area contributed by atoms with E-state index in [-0.39, 0.29) is 24.3 Å². The molecule has 2 aromatic carbocycles. The number of amides is 1. The molecule has 1 atom stereocenters. The lowest BCUT2D eigenvalue weighted by Crippen LogP contribution is -2.34. The van der Waals surface area contributed by atoms with E-state index in [1.54, 1.807) is 12.1 Å². The zero-order valence-corrected chi connectivity index (χ0v) is 12.0. The molecule has 21 heavy (non-hydrogen) atoms. The molecule has 0 aromatic heterocycles. The van der Waals surface area contributed by atoms with Crippen LogP contribution in [0.1, 0.15) is 24.1 Å². The fourth-order valence-corrected chi connectivity index (χ4v) is 1.97. The summed E-state index contributed by atoms with van der Waals surface area (Å²) < 4.78 is 12.8. The second-order valence-corrected chi connectivity index (χ2v) is 4.92. The van der Waals surface area contributed by atoms with Crippen LogP contribution < -0.4 is 10.6 Å². The zero-order valence-electron chi connectivity index (χ0n) is 12.0. The van der Waals surface area contributed by atoms with Crippen molar-refractivity contribution < 1.29 is 9.18 Å². The Hall–Kier alpha value is -2.20. The minimum Gasteiger partial charge on any atom is -0.351 e. The highest BCUT2D eigenvalue weighted by molar-refractivity contribution is 5.78. The summed E-state index contributed by atoms with van der Waals surface area (Å²) in [5.41, 5.74) is 2.02. The van der Waals surface area contributed by atoms with Gasteiger partial charge in [-0.05, 0) is 30.2 Å². The molecule has 2 aromatic rings. The first-order valence-electron chi connectivity index (χ1n) is 6.94. The molecule has 0 radical (unpaired) electrons. The van der Waals surface area contributed by atoms with Crippen molar-refractivity contribution in [1.82, 2.24) is 10.6 Å². The van der Waals surface area contributed by atoms with Crippen LogP contribution in [0.5, 0.6) is 0 Å². The summed E-state index contributed by atoms with van der Waals surface area (Å²) in [6.45, 7) is 2.67.